The van der Waals surface area contributed by atoms with Gasteiger partial charge in [-0.3, -0.25) is 0 Å². The van der Waals surface area contributed by atoms with Crippen LogP contribution in [-0.2, 0) is 0 Å². The van der Waals surface area contributed by atoms with Gasteiger partial charge >= 0.3 is 0 Å². The summed E-state index contributed by atoms with van der Waals surface area (Å²) in [6.07, 6.45) is 4.11. The van der Waals surface area contributed by atoms with E-state index in [1.165, 1.54) is 6.42 Å². The fourth-order valence-corrected chi connectivity index (χ4v) is 2.53. The summed E-state index contributed by atoms with van der Waals surface area (Å²) in [5.41, 5.74) is 1.11. The number of aliphatic hydroxyl groups excluding tert-OH is 1. The van der Waals surface area contributed by atoms with E-state index in [2.05, 4.69) is 0 Å². The van der Waals surface area contributed by atoms with Crippen LogP contribution >= 0.6 is 11.6 Å². The van der Waals surface area contributed by atoms with E-state index in [-0.39, 0.29) is 12.0 Å². The highest BCUT2D eigenvalue weighted by molar-refractivity contribution is 6.31. The van der Waals surface area contributed by atoms with E-state index in [0.717, 1.165) is 29.8 Å². The molecule has 0 bridgehead atoms. The predicted molar refractivity (Wildman–Crippen MR) is 58.7 cm³/mol. The third-order valence-corrected chi connectivity index (χ3v) is 3.38. The van der Waals surface area contributed by atoms with E-state index in [9.17, 15) is 5.11 Å². The molecule has 1 aliphatic carbocycles. The second-order valence-corrected chi connectivity index (χ2v) is 4.39. The molecule has 1 aromatic rings. The van der Waals surface area contributed by atoms with E-state index in [0.29, 0.717) is 0 Å². The van der Waals surface area contributed by atoms with Crippen LogP contribution in [0, 0.1) is 0 Å². The largest absolute Gasteiger partial charge is 0.392 e. The van der Waals surface area contributed by atoms with Crippen molar-refractivity contribution in [1.29, 1.82) is 0 Å². The summed E-state index contributed by atoms with van der Waals surface area (Å²) in [4.78, 5) is 0. The maximum atomic E-state index is 9.89. The van der Waals surface area contributed by atoms with Crippen molar-refractivity contribution >= 4 is 11.6 Å². The minimum Gasteiger partial charge on any atom is -0.392 e. The molecule has 2 atom stereocenters. The number of hydrogen-bond donors (Lipinski definition) is 1. The summed E-state index contributed by atoms with van der Waals surface area (Å²) < 4.78 is 0. The fourth-order valence-electron chi connectivity index (χ4n) is 2.25. The standard InChI is InChI=1S/C12H15ClO/c13-11-7-3-1-5-9(11)10-6-2-4-8-12(10)14/h1,3,5,7,10,12,14H,2,4,6,8H2/t10-,12+/m0/s1. The highest BCUT2D eigenvalue weighted by atomic mass is 35.5. The molecule has 76 valence electrons. The first-order valence-electron chi connectivity index (χ1n) is 5.21. The average Bonchev–Trinajstić information content (AvgIpc) is 2.20. The number of halogens is 1. The van der Waals surface area contributed by atoms with Gasteiger partial charge in [-0.05, 0) is 24.5 Å². The first kappa shape index (κ1) is 10.0. The lowest BCUT2D eigenvalue weighted by atomic mass is 9.82. The van der Waals surface area contributed by atoms with Gasteiger partial charge in [0, 0.05) is 10.9 Å². The monoisotopic (exact) mass is 210 g/mol. The van der Waals surface area contributed by atoms with Crippen molar-refractivity contribution < 1.29 is 5.11 Å². The number of benzene rings is 1. The third kappa shape index (κ3) is 1.94. The summed E-state index contributed by atoms with van der Waals surface area (Å²) in [7, 11) is 0. The molecule has 0 unspecified atom stereocenters. The lowest BCUT2D eigenvalue weighted by Crippen LogP contribution is -2.22. The molecule has 2 rings (SSSR count). The van der Waals surface area contributed by atoms with Crippen molar-refractivity contribution in [3.63, 3.8) is 0 Å². The SMILES string of the molecule is O[C@@H]1CCCC[C@H]1c1ccccc1Cl. The van der Waals surface area contributed by atoms with Crippen LogP contribution in [0.4, 0.5) is 0 Å². The van der Waals surface area contributed by atoms with Crippen LogP contribution in [0.15, 0.2) is 24.3 Å². The summed E-state index contributed by atoms with van der Waals surface area (Å²) in [6, 6.07) is 7.85. The fraction of sp³-hybridized carbons (Fsp3) is 0.500. The van der Waals surface area contributed by atoms with Gasteiger partial charge in [0.15, 0.2) is 0 Å². The minimum absolute atomic E-state index is 0.205. The maximum Gasteiger partial charge on any atom is 0.0609 e. The van der Waals surface area contributed by atoms with E-state index in [1.807, 2.05) is 24.3 Å². The van der Waals surface area contributed by atoms with Gasteiger partial charge < -0.3 is 5.11 Å². The normalized spacial score (nSPS) is 27.6. The molecule has 2 heteroatoms. The molecular weight excluding hydrogens is 196 g/mol. The van der Waals surface area contributed by atoms with Crippen molar-refractivity contribution in [2.24, 2.45) is 0 Å². The topological polar surface area (TPSA) is 20.2 Å². The first-order valence-corrected chi connectivity index (χ1v) is 5.59. The van der Waals surface area contributed by atoms with Gasteiger partial charge in [0.1, 0.15) is 0 Å². The van der Waals surface area contributed by atoms with E-state index >= 15 is 0 Å². The molecule has 1 aliphatic rings. The van der Waals surface area contributed by atoms with Crippen LogP contribution in [0.3, 0.4) is 0 Å². The molecule has 1 nitrogen and oxygen atoms in total. The lowest BCUT2D eigenvalue weighted by Gasteiger charge is -2.28. The zero-order chi connectivity index (χ0) is 9.97. The molecule has 0 spiro atoms. The Morgan fingerprint density at radius 3 is 2.57 bits per heavy atom. The molecule has 0 amide bonds. The molecule has 1 N–H and O–H groups in total. The van der Waals surface area contributed by atoms with Gasteiger partial charge in [0.25, 0.3) is 0 Å². The van der Waals surface area contributed by atoms with E-state index in [1.54, 1.807) is 0 Å². The molecule has 1 saturated carbocycles. The highest BCUT2D eigenvalue weighted by Gasteiger charge is 2.25. The van der Waals surface area contributed by atoms with Crippen molar-refractivity contribution in [3.8, 4) is 0 Å². The van der Waals surface area contributed by atoms with E-state index in [4.69, 9.17) is 11.6 Å². The number of rotatable bonds is 1. The molecule has 0 saturated heterocycles. The first-order chi connectivity index (χ1) is 6.79. The smallest absolute Gasteiger partial charge is 0.0609 e. The van der Waals surface area contributed by atoms with Crippen LogP contribution in [0.5, 0.6) is 0 Å². The molecule has 1 fully saturated rings. The Labute approximate surface area is 89.7 Å². The molecule has 0 aromatic heterocycles. The van der Waals surface area contributed by atoms with Crippen LogP contribution in [0.2, 0.25) is 5.02 Å². The van der Waals surface area contributed by atoms with Crippen LogP contribution in [0.1, 0.15) is 37.2 Å². The Hall–Kier alpha value is -0.530. The quantitative estimate of drug-likeness (QED) is 0.754. The number of aliphatic hydroxyl groups is 1. The summed E-state index contributed by atoms with van der Waals surface area (Å²) >= 11 is 6.11. The zero-order valence-corrected chi connectivity index (χ0v) is 8.87. The minimum atomic E-state index is -0.205. The third-order valence-electron chi connectivity index (χ3n) is 3.03. The van der Waals surface area contributed by atoms with Crippen molar-refractivity contribution in [2.45, 2.75) is 37.7 Å². The maximum absolute atomic E-state index is 9.89. The second kappa shape index (κ2) is 4.33. The Morgan fingerprint density at radius 2 is 1.86 bits per heavy atom. The summed E-state index contributed by atoms with van der Waals surface area (Å²) in [5.74, 6) is 0.248. The highest BCUT2D eigenvalue weighted by Crippen LogP contribution is 2.36. The molecule has 1 aromatic carbocycles. The van der Waals surface area contributed by atoms with Crippen LogP contribution in [-0.4, -0.2) is 11.2 Å². The Morgan fingerprint density at radius 1 is 1.14 bits per heavy atom. The molecule has 0 aliphatic heterocycles. The summed E-state index contributed by atoms with van der Waals surface area (Å²) in [5, 5.41) is 10.7. The van der Waals surface area contributed by atoms with Crippen LogP contribution in [0.25, 0.3) is 0 Å². The average molecular weight is 211 g/mol. The van der Waals surface area contributed by atoms with Crippen molar-refractivity contribution in [1.82, 2.24) is 0 Å². The van der Waals surface area contributed by atoms with Crippen molar-refractivity contribution in [3.05, 3.63) is 34.9 Å². The van der Waals surface area contributed by atoms with Gasteiger partial charge in [-0.2, -0.15) is 0 Å². The number of hydrogen-bond acceptors (Lipinski definition) is 1. The Kier molecular flexibility index (Phi) is 3.09. The summed E-state index contributed by atoms with van der Waals surface area (Å²) in [6.45, 7) is 0. The second-order valence-electron chi connectivity index (χ2n) is 3.98. The van der Waals surface area contributed by atoms with E-state index < -0.39 is 0 Å². The Bertz CT molecular complexity index is 311. The Balaban J connectivity index is 2.25. The molecule has 0 radical (unpaired) electrons. The molecule has 14 heavy (non-hydrogen) atoms. The zero-order valence-electron chi connectivity index (χ0n) is 8.12. The van der Waals surface area contributed by atoms with Gasteiger partial charge in [0.05, 0.1) is 6.10 Å². The van der Waals surface area contributed by atoms with Crippen LogP contribution < -0.4 is 0 Å². The van der Waals surface area contributed by atoms with Gasteiger partial charge in [-0.1, -0.05) is 42.6 Å². The molecule has 0 heterocycles. The lowest BCUT2D eigenvalue weighted by molar-refractivity contribution is 0.106. The van der Waals surface area contributed by atoms with Gasteiger partial charge in [0.2, 0.25) is 0 Å². The van der Waals surface area contributed by atoms with Gasteiger partial charge in [-0.25, -0.2) is 0 Å². The van der Waals surface area contributed by atoms with Gasteiger partial charge in [-0.15, -0.1) is 0 Å². The predicted octanol–water partition coefficient (Wildman–Crippen LogP) is 3.36. The molecular formula is C12H15ClO. The van der Waals surface area contributed by atoms with Crippen molar-refractivity contribution in [2.75, 3.05) is 0 Å².